The van der Waals surface area contributed by atoms with Crippen molar-refractivity contribution in [2.45, 2.75) is 26.3 Å². The van der Waals surface area contributed by atoms with Crippen LogP contribution in [0.1, 0.15) is 25.5 Å². The number of carbonyl (C=O) groups excluding carboxylic acids is 1. The maximum atomic E-state index is 12.7. The van der Waals surface area contributed by atoms with Gasteiger partial charge in [0.05, 0.1) is 5.69 Å². The zero-order valence-corrected chi connectivity index (χ0v) is 14.8. The minimum absolute atomic E-state index is 0.272. The van der Waals surface area contributed by atoms with Crippen LogP contribution < -0.4 is 10.9 Å². The number of aryl methyl sites for hydroxylation is 1. The fraction of sp³-hybridized carbons (Fsp3) is 0.190. The minimum atomic E-state index is -0.726. The Kier molecular flexibility index (Phi) is 5.27. The van der Waals surface area contributed by atoms with Crippen LogP contribution in [-0.2, 0) is 11.2 Å². The number of aromatic nitrogens is 2. The first-order valence-corrected chi connectivity index (χ1v) is 8.64. The van der Waals surface area contributed by atoms with Gasteiger partial charge in [0, 0.05) is 17.3 Å². The van der Waals surface area contributed by atoms with E-state index in [1.807, 2.05) is 61.5 Å². The summed E-state index contributed by atoms with van der Waals surface area (Å²) in [5.74, 6) is -0.272. The Labute approximate surface area is 152 Å². The number of amides is 1. The fourth-order valence-electron chi connectivity index (χ4n) is 2.76. The smallest absolute Gasteiger partial charge is 0.267 e. The molecule has 0 aliphatic heterocycles. The monoisotopic (exact) mass is 347 g/mol. The molecule has 3 rings (SSSR count). The summed E-state index contributed by atoms with van der Waals surface area (Å²) in [6, 6.07) is 19.6. The van der Waals surface area contributed by atoms with Gasteiger partial charge in [-0.3, -0.25) is 9.59 Å². The van der Waals surface area contributed by atoms with Crippen molar-refractivity contribution in [1.82, 2.24) is 9.78 Å². The lowest BCUT2D eigenvalue weighted by atomic mass is 10.1. The Hall–Kier alpha value is -3.21. The number of para-hydroxylation sites is 1. The van der Waals surface area contributed by atoms with Gasteiger partial charge in [-0.2, -0.15) is 5.10 Å². The molecule has 0 bridgehead atoms. The van der Waals surface area contributed by atoms with E-state index < -0.39 is 6.04 Å². The first-order chi connectivity index (χ1) is 12.6. The number of rotatable bonds is 5. The second-order valence-corrected chi connectivity index (χ2v) is 6.04. The largest absolute Gasteiger partial charge is 0.324 e. The van der Waals surface area contributed by atoms with Gasteiger partial charge < -0.3 is 5.32 Å². The van der Waals surface area contributed by atoms with E-state index in [0.29, 0.717) is 5.69 Å². The van der Waals surface area contributed by atoms with Crippen LogP contribution in [0.5, 0.6) is 0 Å². The van der Waals surface area contributed by atoms with E-state index in [1.54, 1.807) is 13.0 Å². The van der Waals surface area contributed by atoms with Gasteiger partial charge in [0.25, 0.3) is 5.56 Å². The molecule has 0 radical (unpaired) electrons. The molecule has 1 atom stereocenters. The minimum Gasteiger partial charge on any atom is -0.324 e. The highest BCUT2D eigenvalue weighted by Crippen LogP contribution is 2.18. The summed E-state index contributed by atoms with van der Waals surface area (Å²) in [4.78, 5) is 24.9. The highest BCUT2D eigenvalue weighted by atomic mass is 16.2. The van der Waals surface area contributed by atoms with Crippen molar-refractivity contribution in [2.24, 2.45) is 0 Å². The van der Waals surface area contributed by atoms with E-state index in [4.69, 9.17) is 0 Å². The molecule has 5 nitrogen and oxygen atoms in total. The van der Waals surface area contributed by atoms with E-state index in [2.05, 4.69) is 10.4 Å². The van der Waals surface area contributed by atoms with Crippen LogP contribution in [-0.4, -0.2) is 15.7 Å². The van der Waals surface area contributed by atoms with E-state index in [1.165, 1.54) is 10.7 Å². The molecule has 26 heavy (non-hydrogen) atoms. The van der Waals surface area contributed by atoms with Crippen molar-refractivity contribution in [1.29, 1.82) is 0 Å². The number of carbonyl (C=O) groups is 1. The lowest BCUT2D eigenvalue weighted by molar-refractivity contribution is -0.119. The standard InChI is InChI=1S/C21H21N3O2/c1-3-16-9-7-8-12-18(16)22-21(26)15(2)24-20(25)14-13-19(23-24)17-10-5-4-6-11-17/h4-15H,3H2,1-2H3,(H,22,26). The van der Waals surface area contributed by atoms with Gasteiger partial charge in [0.2, 0.25) is 5.91 Å². The normalized spacial score (nSPS) is 11.8. The van der Waals surface area contributed by atoms with Crippen molar-refractivity contribution in [3.8, 4) is 11.3 Å². The average molecular weight is 347 g/mol. The molecule has 1 amide bonds. The van der Waals surface area contributed by atoms with Gasteiger partial charge in [-0.05, 0) is 31.0 Å². The summed E-state index contributed by atoms with van der Waals surface area (Å²) < 4.78 is 1.23. The summed E-state index contributed by atoms with van der Waals surface area (Å²) >= 11 is 0. The number of hydrogen-bond acceptors (Lipinski definition) is 3. The molecule has 1 unspecified atom stereocenters. The Bertz CT molecular complexity index is 964. The number of nitrogens with zero attached hydrogens (tertiary/aromatic N) is 2. The molecule has 0 aliphatic carbocycles. The highest BCUT2D eigenvalue weighted by molar-refractivity contribution is 5.94. The quantitative estimate of drug-likeness (QED) is 0.766. The van der Waals surface area contributed by atoms with Crippen LogP contribution in [0.15, 0.2) is 71.5 Å². The Morgan fingerprint density at radius 3 is 2.46 bits per heavy atom. The van der Waals surface area contributed by atoms with Crippen molar-refractivity contribution in [2.75, 3.05) is 5.32 Å². The maximum absolute atomic E-state index is 12.7. The summed E-state index contributed by atoms with van der Waals surface area (Å²) in [5, 5.41) is 7.30. The summed E-state index contributed by atoms with van der Waals surface area (Å²) in [7, 11) is 0. The zero-order chi connectivity index (χ0) is 18.5. The van der Waals surface area contributed by atoms with Crippen LogP contribution in [0.25, 0.3) is 11.3 Å². The lowest BCUT2D eigenvalue weighted by Crippen LogP contribution is -2.33. The Morgan fingerprint density at radius 2 is 1.73 bits per heavy atom. The maximum Gasteiger partial charge on any atom is 0.267 e. The second kappa shape index (κ2) is 7.78. The first-order valence-electron chi connectivity index (χ1n) is 8.64. The summed E-state index contributed by atoms with van der Waals surface area (Å²) in [5.41, 5.74) is 3.05. The summed E-state index contributed by atoms with van der Waals surface area (Å²) in [6.45, 7) is 3.71. The van der Waals surface area contributed by atoms with E-state index in [0.717, 1.165) is 23.2 Å². The molecule has 0 saturated carbocycles. The molecule has 5 heteroatoms. The number of nitrogens with one attached hydrogen (secondary N) is 1. The van der Waals surface area contributed by atoms with Gasteiger partial charge >= 0.3 is 0 Å². The zero-order valence-electron chi connectivity index (χ0n) is 14.8. The molecule has 0 spiro atoms. The third-order valence-corrected chi connectivity index (χ3v) is 4.30. The van der Waals surface area contributed by atoms with Crippen molar-refractivity contribution in [3.05, 3.63) is 82.6 Å². The van der Waals surface area contributed by atoms with Crippen molar-refractivity contribution < 1.29 is 4.79 Å². The molecule has 1 heterocycles. The third-order valence-electron chi connectivity index (χ3n) is 4.30. The predicted octanol–water partition coefficient (Wildman–Crippen LogP) is 3.67. The van der Waals surface area contributed by atoms with Crippen LogP contribution in [0, 0.1) is 0 Å². The van der Waals surface area contributed by atoms with Gasteiger partial charge in [-0.1, -0.05) is 55.5 Å². The van der Waals surface area contributed by atoms with Crippen LogP contribution in [0.4, 0.5) is 5.69 Å². The molecular formula is C21H21N3O2. The second-order valence-electron chi connectivity index (χ2n) is 6.04. The van der Waals surface area contributed by atoms with E-state index >= 15 is 0 Å². The molecule has 2 aromatic carbocycles. The third kappa shape index (κ3) is 3.72. The summed E-state index contributed by atoms with van der Waals surface area (Å²) in [6.07, 6.45) is 0.812. The first kappa shape index (κ1) is 17.6. The molecule has 0 aliphatic rings. The van der Waals surface area contributed by atoms with Gasteiger partial charge in [0.1, 0.15) is 6.04 Å². The van der Waals surface area contributed by atoms with E-state index in [-0.39, 0.29) is 11.5 Å². The SMILES string of the molecule is CCc1ccccc1NC(=O)C(C)n1nc(-c2ccccc2)ccc1=O. The van der Waals surface area contributed by atoms with Gasteiger partial charge in [-0.15, -0.1) is 0 Å². The molecule has 0 saturated heterocycles. The predicted molar refractivity (Wildman–Crippen MR) is 103 cm³/mol. The highest BCUT2D eigenvalue weighted by Gasteiger charge is 2.19. The van der Waals surface area contributed by atoms with Crippen molar-refractivity contribution >= 4 is 11.6 Å². The average Bonchev–Trinajstić information content (AvgIpc) is 2.69. The molecule has 1 N–H and O–H groups in total. The van der Waals surface area contributed by atoms with Gasteiger partial charge in [-0.25, -0.2) is 4.68 Å². The number of benzene rings is 2. The number of anilines is 1. The van der Waals surface area contributed by atoms with Crippen LogP contribution in [0.3, 0.4) is 0 Å². The number of hydrogen-bond donors (Lipinski definition) is 1. The molecule has 0 fully saturated rings. The molecule has 3 aromatic rings. The fourth-order valence-corrected chi connectivity index (χ4v) is 2.76. The van der Waals surface area contributed by atoms with Crippen molar-refractivity contribution in [3.63, 3.8) is 0 Å². The molecule has 132 valence electrons. The molecule has 1 aromatic heterocycles. The van der Waals surface area contributed by atoms with Crippen LogP contribution >= 0.6 is 0 Å². The Balaban J connectivity index is 1.88. The lowest BCUT2D eigenvalue weighted by Gasteiger charge is -2.16. The van der Waals surface area contributed by atoms with Crippen LogP contribution in [0.2, 0.25) is 0 Å². The van der Waals surface area contributed by atoms with E-state index in [9.17, 15) is 9.59 Å². The Morgan fingerprint density at radius 1 is 1.04 bits per heavy atom. The topological polar surface area (TPSA) is 64.0 Å². The molecular weight excluding hydrogens is 326 g/mol. The van der Waals surface area contributed by atoms with Gasteiger partial charge in [0.15, 0.2) is 0 Å².